The monoisotopic (exact) mass is 446 g/mol. The van der Waals surface area contributed by atoms with Crippen molar-refractivity contribution in [3.63, 3.8) is 0 Å². The Hall–Kier alpha value is -2.54. The molecular weight excluding hydrogens is 420 g/mol. The van der Waals surface area contributed by atoms with Crippen molar-refractivity contribution in [2.24, 2.45) is 4.99 Å². The molecule has 150 valence electrons. The van der Waals surface area contributed by atoms with E-state index in [1.165, 1.54) is 0 Å². The van der Waals surface area contributed by atoms with Gasteiger partial charge in [-0.2, -0.15) is 0 Å². The summed E-state index contributed by atoms with van der Waals surface area (Å²) in [5.74, 6) is 1.52. The summed E-state index contributed by atoms with van der Waals surface area (Å²) in [6, 6.07) is 13.7. The fourth-order valence-electron chi connectivity index (χ4n) is 2.82. The molecule has 2 aromatic rings. The Labute approximate surface area is 175 Å². The number of nitrogens with zero attached hydrogens (tertiary/aromatic N) is 2. The van der Waals surface area contributed by atoms with Crippen LogP contribution in [0.1, 0.15) is 17.5 Å². The number of guanidine groups is 1. The van der Waals surface area contributed by atoms with Crippen LogP contribution >= 0.6 is 15.9 Å². The van der Waals surface area contributed by atoms with Crippen molar-refractivity contribution in [2.45, 2.75) is 19.9 Å². The summed E-state index contributed by atoms with van der Waals surface area (Å²) in [6.45, 7) is 3.10. The summed E-state index contributed by atoms with van der Waals surface area (Å²) in [7, 11) is 5.34. The quantitative estimate of drug-likeness (QED) is 0.501. The van der Waals surface area contributed by atoms with Crippen LogP contribution in [0.3, 0.4) is 0 Å². The highest BCUT2D eigenvalue weighted by Gasteiger charge is 2.11. The maximum atomic E-state index is 12.2. The second-order valence-corrected chi connectivity index (χ2v) is 7.31. The average Bonchev–Trinajstić information content (AvgIpc) is 2.67. The Morgan fingerprint density at radius 3 is 2.68 bits per heavy atom. The van der Waals surface area contributed by atoms with Gasteiger partial charge in [0, 0.05) is 49.3 Å². The number of aryl methyl sites for hydroxylation is 1. The van der Waals surface area contributed by atoms with Gasteiger partial charge in [0.05, 0.1) is 7.11 Å². The van der Waals surface area contributed by atoms with Gasteiger partial charge >= 0.3 is 0 Å². The highest BCUT2D eigenvalue weighted by atomic mass is 79.9. The lowest BCUT2D eigenvalue weighted by atomic mass is 10.2. The summed E-state index contributed by atoms with van der Waals surface area (Å²) in [4.78, 5) is 18.5. The lowest BCUT2D eigenvalue weighted by molar-refractivity contribution is -0.116. The van der Waals surface area contributed by atoms with Crippen LogP contribution in [-0.4, -0.2) is 44.5 Å². The number of hydrogen-bond donors (Lipinski definition) is 2. The molecule has 0 aliphatic carbocycles. The molecule has 2 N–H and O–H groups in total. The van der Waals surface area contributed by atoms with E-state index in [0.717, 1.165) is 33.0 Å². The fraction of sp³-hybridized carbons (Fsp3) is 0.333. The number of rotatable bonds is 7. The summed E-state index contributed by atoms with van der Waals surface area (Å²) in [5.41, 5.74) is 2.91. The largest absolute Gasteiger partial charge is 0.496 e. The zero-order chi connectivity index (χ0) is 20.5. The molecule has 0 aliphatic rings. The van der Waals surface area contributed by atoms with Crippen LogP contribution in [0.15, 0.2) is 51.9 Å². The van der Waals surface area contributed by atoms with Gasteiger partial charge in [0.1, 0.15) is 5.75 Å². The van der Waals surface area contributed by atoms with Gasteiger partial charge in [0.2, 0.25) is 5.91 Å². The summed E-state index contributed by atoms with van der Waals surface area (Å²) in [6.07, 6.45) is 0.344. The van der Waals surface area contributed by atoms with Crippen LogP contribution in [0.2, 0.25) is 0 Å². The molecule has 0 aromatic heterocycles. The Bertz CT molecular complexity index is 839. The second kappa shape index (κ2) is 10.7. The van der Waals surface area contributed by atoms with E-state index in [1.807, 2.05) is 61.3 Å². The molecule has 0 saturated heterocycles. The minimum Gasteiger partial charge on any atom is -0.496 e. The van der Waals surface area contributed by atoms with Gasteiger partial charge in [0.15, 0.2) is 5.96 Å². The third-order valence-corrected chi connectivity index (χ3v) is 4.76. The summed E-state index contributed by atoms with van der Waals surface area (Å²) < 4.78 is 6.40. The molecule has 2 aromatic carbocycles. The Kier molecular flexibility index (Phi) is 8.32. The number of ether oxygens (including phenoxy) is 1. The molecule has 0 fully saturated rings. The SMILES string of the molecule is CN=C(NCCC(=O)Nc1ccc(Br)cc1C)N(C)Cc1ccccc1OC. The number of carbonyl (C=O) groups is 1. The molecule has 0 atom stereocenters. The van der Waals surface area contributed by atoms with Crippen LogP contribution in [0, 0.1) is 6.92 Å². The first-order valence-electron chi connectivity index (χ1n) is 9.04. The Balaban J connectivity index is 1.85. The molecule has 0 spiro atoms. The van der Waals surface area contributed by atoms with Crippen LogP contribution in [-0.2, 0) is 11.3 Å². The van der Waals surface area contributed by atoms with Crippen molar-refractivity contribution in [2.75, 3.05) is 33.1 Å². The number of methoxy groups -OCH3 is 1. The zero-order valence-corrected chi connectivity index (χ0v) is 18.3. The smallest absolute Gasteiger partial charge is 0.226 e. The Morgan fingerprint density at radius 2 is 2.00 bits per heavy atom. The van der Waals surface area contributed by atoms with Crippen LogP contribution in [0.4, 0.5) is 5.69 Å². The van der Waals surface area contributed by atoms with Crippen molar-refractivity contribution in [1.29, 1.82) is 0 Å². The van der Waals surface area contributed by atoms with Crippen LogP contribution in [0.5, 0.6) is 5.75 Å². The molecule has 0 bridgehead atoms. The maximum absolute atomic E-state index is 12.2. The maximum Gasteiger partial charge on any atom is 0.226 e. The highest BCUT2D eigenvalue weighted by molar-refractivity contribution is 9.10. The highest BCUT2D eigenvalue weighted by Crippen LogP contribution is 2.20. The van der Waals surface area contributed by atoms with Crippen molar-refractivity contribution >= 4 is 33.5 Å². The molecule has 0 aliphatic heterocycles. The molecule has 7 heteroatoms. The van der Waals surface area contributed by atoms with Gasteiger partial charge in [-0.25, -0.2) is 0 Å². The number of para-hydroxylation sites is 1. The van der Waals surface area contributed by atoms with E-state index in [-0.39, 0.29) is 5.91 Å². The number of halogens is 1. The van der Waals surface area contributed by atoms with E-state index >= 15 is 0 Å². The molecule has 0 heterocycles. The number of anilines is 1. The number of benzene rings is 2. The number of nitrogens with one attached hydrogen (secondary N) is 2. The van der Waals surface area contributed by atoms with Gasteiger partial charge in [-0.15, -0.1) is 0 Å². The van der Waals surface area contributed by atoms with E-state index in [9.17, 15) is 4.79 Å². The molecule has 28 heavy (non-hydrogen) atoms. The van der Waals surface area contributed by atoms with Gasteiger partial charge in [0.25, 0.3) is 0 Å². The lowest BCUT2D eigenvalue weighted by Gasteiger charge is -2.23. The molecule has 0 saturated carbocycles. The number of amides is 1. The van der Waals surface area contributed by atoms with E-state index in [0.29, 0.717) is 19.5 Å². The van der Waals surface area contributed by atoms with Crippen molar-refractivity contribution in [1.82, 2.24) is 10.2 Å². The molecule has 0 radical (unpaired) electrons. The number of hydrogen-bond acceptors (Lipinski definition) is 3. The number of carbonyl (C=O) groups excluding carboxylic acids is 1. The predicted molar refractivity (Wildman–Crippen MR) is 118 cm³/mol. The third-order valence-electron chi connectivity index (χ3n) is 4.27. The molecule has 0 unspecified atom stereocenters. The lowest BCUT2D eigenvalue weighted by Crippen LogP contribution is -2.39. The molecule has 1 amide bonds. The van der Waals surface area contributed by atoms with E-state index in [1.54, 1.807) is 14.2 Å². The first-order chi connectivity index (χ1) is 13.4. The van der Waals surface area contributed by atoms with Crippen molar-refractivity contribution < 1.29 is 9.53 Å². The average molecular weight is 447 g/mol. The fourth-order valence-corrected chi connectivity index (χ4v) is 3.29. The van der Waals surface area contributed by atoms with Crippen molar-refractivity contribution in [3.05, 3.63) is 58.1 Å². The predicted octanol–water partition coefficient (Wildman–Crippen LogP) is 3.80. The van der Waals surface area contributed by atoms with E-state index in [2.05, 4.69) is 31.6 Å². The third kappa shape index (κ3) is 6.27. The normalized spacial score (nSPS) is 11.1. The van der Waals surface area contributed by atoms with E-state index < -0.39 is 0 Å². The first kappa shape index (κ1) is 21.8. The van der Waals surface area contributed by atoms with E-state index in [4.69, 9.17) is 4.74 Å². The van der Waals surface area contributed by atoms with Gasteiger partial charge in [-0.3, -0.25) is 9.79 Å². The Morgan fingerprint density at radius 1 is 1.25 bits per heavy atom. The van der Waals surface area contributed by atoms with Crippen molar-refractivity contribution in [3.8, 4) is 5.75 Å². The molecule has 2 rings (SSSR count). The molecule has 6 nitrogen and oxygen atoms in total. The minimum atomic E-state index is -0.0410. The standard InChI is InChI=1S/C21H27BrN4O2/c1-15-13-17(22)9-10-18(15)25-20(27)11-12-24-21(23-2)26(3)14-16-7-5-6-8-19(16)28-4/h5-10,13H,11-12,14H2,1-4H3,(H,23,24)(H,25,27). The first-order valence-corrected chi connectivity index (χ1v) is 9.83. The number of aliphatic imine (C=N–C) groups is 1. The van der Waals surface area contributed by atoms with Gasteiger partial charge in [-0.05, 0) is 36.8 Å². The van der Waals surface area contributed by atoms with Gasteiger partial charge < -0.3 is 20.3 Å². The summed E-state index contributed by atoms with van der Waals surface area (Å²) >= 11 is 3.43. The minimum absolute atomic E-state index is 0.0410. The van der Waals surface area contributed by atoms with Crippen LogP contribution < -0.4 is 15.4 Å². The summed E-state index contributed by atoms with van der Waals surface area (Å²) in [5, 5.41) is 6.18. The molecular formula is C21H27BrN4O2. The topological polar surface area (TPSA) is 66.0 Å². The second-order valence-electron chi connectivity index (χ2n) is 6.40. The zero-order valence-electron chi connectivity index (χ0n) is 16.8. The van der Waals surface area contributed by atoms with Gasteiger partial charge in [-0.1, -0.05) is 34.1 Å². The van der Waals surface area contributed by atoms with Crippen LogP contribution in [0.25, 0.3) is 0 Å².